The maximum Gasteiger partial charge on any atom is 0.256 e. The van der Waals surface area contributed by atoms with Crippen LogP contribution in [0, 0.1) is 5.82 Å². The minimum Gasteiger partial charge on any atom is -0.486 e. The monoisotopic (exact) mass is 603 g/mol. The molecule has 8 nitrogen and oxygen atoms in total. The summed E-state index contributed by atoms with van der Waals surface area (Å²) in [5, 5.41) is 15.0. The molecule has 228 valence electrons. The van der Waals surface area contributed by atoms with Gasteiger partial charge in [0.15, 0.2) is 11.5 Å². The van der Waals surface area contributed by atoms with Crippen molar-refractivity contribution in [3.05, 3.63) is 112 Å². The van der Waals surface area contributed by atoms with Gasteiger partial charge in [-0.15, -0.1) is 0 Å². The first kappa shape index (κ1) is 27.8. The van der Waals surface area contributed by atoms with Gasteiger partial charge in [-0.25, -0.2) is 4.39 Å². The molecule has 1 unspecified atom stereocenters. The summed E-state index contributed by atoms with van der Waals surface area (Å²) in [7, 11) is 0. The highest BCUT2D eigenvalue weighted by Crippen LogP contribution is 2.36. The van der Waals surface area contributed by atoms with E-state index < -0.39 is 0 Å². The summed E-state index contributed by atoms with van der Waals surface area (Å²) in [4.78, 5) is 18.3. The number of rotatable bonds is 7. The molecule has 0 amide bonds. The number of hydrogen-bond donors (Lipinski definition) is 3. The zero-order valence-electron chi connectivity index (χ0n) is 24.8. The third-order valence-corrected chi connectivity index (χ3v) is 9.31. The van der Waals surface area contributed by atoms with E-state index >= 15 is 0 Å². The number of nitrogens with one attached hydrogen (secondary N) is 3. The van der Waals surface area contributed by atoms with Gasteiger partial charge in [0.05, 0.1) is 11.6 Å². The Morgan fingerprint density at radius 1 is 0.867 bits per heavy atom. The van der Waals surface area contributed by atoms with Crippen molar-refractivity contribution >= 4 is 32.6 Å². The second kappa shape index (κ2) is 11.6. The molecule has 0 bridgehead atoms. The van der Waals surface area contributed by atoms with Crippen molar-refractivity contribution in [2.75, 3.05) is 39.4 Å². The van der Waals surface area contributed by atoms with Crippen LogP contribution in [0.2, 0.25) is 0 Å². The first-order valence-corrected chi connectivity index (χ1v) is 15.6. The minimum atomic E-state index is -0.260. The summed E-state index contributed by atoms with van der Waals surface area (Å²) in [5.74, 6) is 1.65. The lowest BCUT2D eigenvalue weighted by Crippen LogP contribution is -2.38. The van der Waals surface area contributed by atoms with Gasteiger partial charge in [-0.3, -0.25) is 9.89 Å². The lowest BCUT2D eigenvalue weighted by atomic mass is 9.91. The number of ether oxygens (including phenoxy) is 2. The predicted octanol–water partition coefficient (Wildman–Crippen LogP) is 6.03. The first-order valence-electron chi connectivity index (χ1n) is 15.6. The summed E-state index contributed by atoms with van der Waals surface area (Å²) in [6, 6.07) is 25.0. The number of pyridine rings is 1. The Hall–Kier alpha value is -4.73. The fraction of sp³-hybridized carbons (Fsp3) is 0.278. The number of piperidine rings is 1. The van der Waals surface area contributed by atoms with Crippen LogP contribution in [-0.2, 0) is 0 Å². The first-order chi connectivity index (χ1) is 22.1. The molecule has 4 heterocycles. The van der Waals surface area contributed by atoms with Crippen molar-refractivity contribution in [3.8, 4) is 11.5 Å². The van der Waals surface area contributed by atoms with E-state index in [4.69, 9.17) is 9.47 Å². The van der Waals surface area contributed by atoms with Crippen molar-refractivity contribution in [2.24, 2.45) is 0 Å². The van der Waals surface area contributed by atoms with Gasteiger partial charge < -0.3 is 24.7 Å². The van der Waals surface area contributed by atoms with E-state index in [-0.39, 0.29) is 17.4 Å². The van der Waals surface area contributed by atoms with Crippen molar-refractivity contribution in [1.82, 2.24) is 25.4 Å². The summed E-state index contributed by atoms with van der Waals surface area (Å²) in [6.07, 6.45) is 2.05. The number of fused-ring (bicyclic) bond motifs is 5. The Bertz CT molecular complexity index is 2080. The van der Waals surface area contributed by atoms with E-state index in [1.807, 2.05) is 42.5 Å². The molecule has 2 aromatic heterocycles. The fourth-order valence-corrected chi connectivity index (χ4v) is 6.98. The normalized spacial score (nSPS) is 16.5. The van der Waals surface area contributed by atoms with Crippen molar-refractivity contribution < 1.29 is 13.9 Å². The average molecular weight is 604 g/mol. The van der Waals surface area contributed by atoms with Gasteiger partial charge in [0.25, 0.3) is 5.56 Å². The van der Waals surface area contributed by atoms with Crippen LogP contribution in [0.25, 0.3) is 32.6 Å². The molecular weight excluding hydrogens is 569 g/mol. The Morgan fingerprint density at radius 3 is 2.51 bits per heavy atom. The van der Waals surface area contributed by atoms with E-state index in [9.17, 15) is 9.18 Å². The molecular formula is C36H34FN5O3. The molecule has 0 spiro atoms. The fourth-order valence-electron chi connectivity index (χ4n) is 6.98. The number of likely N-dealkylation sites (tertiary alicyclic amines) is 1. The maximum atomic E-state index is 13.7. The molecule has 0 saturated carbocycles. The van der Waals surface area contributed by atoms with E-state index in [0.29, 0.717) is 30.0 Å². The molecule has 1 saturated heterocycles. The molecule has 45 heavy (non-hydrogen) atoms. The number of benzene rings is 4. The van der Waals surface area contributed by atoms with Crippen LogP contribution in [0.15, 0.2) is 83.7 Å². The molecule has 0 radical (unpaired) electrons. The Labute approximate surface area is 259 Å². The van der Waals surface area contributed by atoms with Gasteiger partial charge in [-0.1, -0.05) is 30.3 Å². The maximum absolute atomic E-state index is 13.7. The molecule has 1 fully saturated rings. The van der Waals surface area contributed by atoms with E-state index in [1.54, 1.807) is 0 Å². The highest BCUT2D eigenvalue weighted by atomic mass is 19.1. The Kier molecular flexibility index (Phi) is 7.19. The van der Waals surface area contributed by atoms with Crippen molar-refractivity contribution in [1.29, 1.82) is 0 Å². The van der Waals surface area contributed by atoms with Gasteiger partial charge >= 0.3 is 0 Å². The zero-order chi connectivity index (χ0) is 30.3. The summed E-state index contributed by atoms with van der Waals surface area (Å²) in [5.41, 5.74) is 4.75. The number of aromatic amines is 2. The van der Waals surface area contributed by atoms with Gasteiger partial charge in [-0.2, -0.15) is 5.10 Å². The van der Waals surface area contributed by atoms with Crippen LogP contribution in [0.5, 0.6) is 11.5 Å². The van der Waals surface area contributed by atoms with Crippen LogP contribution >= 0.6 is 0 Å². The standard InChI is InChI=1S/C36H34FN5O3/c37-25-7-8-28-31(21-25)40-41-35(28)22-11-14-42(15-12-22)16-13-38-34(24-6-10-32-33(20-24)45-18-17-44-32)23-5-9-30-29(19-23)26-3-1-2-4-27(26)36(43)39-30/h1-10,19-22,34,38H,11-18H2,(H,39,43)(H,40,41). The molecule has 2 aliphatic rings. The van der Waals surface area contributed by atoms with Crippen LogP contribution in [0.1, 0.15) is 41.6 Å². The smallest absolute Gasteiger partial charge is 0.256 e. The lowest BCUT2D eigenvalue weighted by molar-refractivity contribution is 0.171. The summed E-state index contributed by atoms with van der Waals surface area (Å²) >= 11 is 0. The number of aromatic nitrogens is 3. The van der Waals surface area contributed by atoms with E-state index in [0.717, 1.165) is 89.0 Å². The van der Waals surface area contributed by atoms with Gasteiger partial charge in [0.2, 0.25) is 0 Å². The van der Waals surface area contributed by atoms with Gasteiger partial charge in [0.1, 0.15) is 19.0 Å². The largest absolute Gasteiger partial charge is 0.486 e. The lowest BCUT2D eigenvalue weighted by Gasteiger charge is -2.32. The number of halogens is 1. The van der Waals surface area contributed by atoms with Crippen LogP contribution in [-0.4, -0.2) is 59.5 Å². The Balaban J connectivity index is 1.02. The molecule has 2 aliphatic heterocycles. The number of nitrogens with zero attached hydrogens (tertiary/aromatic N) is 2. The summed E-state index contributed by atoms with van der Waals surface area (Å²) in [6.45, 7) is 4.75. The van der Waals surface area contributed by atoms with Crippen LogP contribution < -0.4 is 20.3 Å². The van der Waals surface area contributed by atoms with Gasteiger partial charge in [0, 0.05) is 52.4 Å². The van der Waals surface area contributed by atoms with Crippen molar-refractivity contribution in [3.63, 3.8) is 0 Å². The highest BCUT2D eigenvalue weighted by molar-refractivity contribution is 6.05. The molecule has 3 N–H and O–H groups in total. The molecule has 8 rings (SSSR count). The molecule has 6 aromatic rings. The third-order valence-electron chi connectivity index (χ3n) is 9.31. The number of hydrogen-bond acceptors (Lipinski definition) is 6. The minimum absolute atomic E-state index is 0.0780. The quantitative estimate of drug-likeness (QED) is 0.193. The zero-order valence-corrected chi connectivity index (χ0v) is 24.8. The Morgan fingerprint density at radius 2 is 1.64 bits per heavy atom. The topological polar surface area (TPSA) is 95.3 Å². The van der Waals surface area contributed by atoms with Crippen molar-refractivity contribution in [2.45, 2.75) is 24.8 Å². The SMILES string of the molecule is O=c1[nH]c2ccc(C(NCCN3CCC(c4[nH]nc5cc(F)ccc45)CC3)c3ccc4c(c3)OCCO4)cc2c2ccccc12. The molecule has 4 aromatic carbocycles. The van der Waals surface area contributed by atoms with Crippen LogP contribution in [0.3, 0.4) is 0 Å². The average Bonchev–Trinajstić information content (AvgIpc) is 3.50. The highest BCUT2D eigenvalue weighted by Gasteiger charge is 2.25. The second-order valence-corrected chi connectivity index (χ2v) is 12.0. The predicted molar refractivity (Wildman–Crippen MR) is 174 cm³/mol. The summed E-state index contributed by atoms with van der Waals surface area (Å²) < 4.78 is 25.4. The third kappa shape index (κ3) is 5.32. The number of H-pyrrole nitrogens is 2. The molecule has 9 heteroatoms. The van der Waals surface area contributed by atoms with E-state index in [2.05, 4.69) is 49.7 Å². The molecule has 1 atom stereocenters. The van der Waals surface area contributed by atoms with Gasteiger partial charge in [-0.05, 0) is 84.9 Å². The van der Waals surface area contributed by atoms with Crippen LogP contribution in [0.4, 0.5) is 4.39 Å². The second-order valence-electron chi connectivity index (χ2n) is 12.0. The van der Waals surface area contributed by atoms with E-state index in [1.165, 1.54) is 12.1 Å². The molecule has 0 aliphatic carbocycles.